The summed E-state index contributed by atoms with van der Waals surface area (Å²) in [5, 5.41) is 19.0. The Kier molecular flexibility index (Phi) is 4.08. The smallest absolute Gasteiger partial charge is 0.204 e. The average Bonchev–Trinajstić information content (AvgIpc) is 2.60. The van der Waals surface area contributed by atoms with Crippen molar-refractivity contribution in [3.63, 3.8) is 0 Å². The fourth-order valence-corrected chi connectivity index (χ4v) is 2.53. The maximum Gasteiger partial charge on any atom is 0.204 e. The van der Waals surface area contributed by atoms with E-state index in [2.05, 4.69) is 0 Å². The molecule has 0 fully saturated rings. The number of benzene rings is 2. The van der Waals surface area contributed by atoms with Crippen LogP contribution in [0.4, 0.5) is 0 Å². The number of carbonyl (C=O) groups is 1. The van der Waals surface area contributed by atoms with E-state index in [0.717, 1.165) is 5.56 Å². The molecule has 0 amide bonds. The van der Waals surface area contributed by atoms with Crippen LogP contribution in [0.25, 0.3) is 0 Å². The van der Waals surface area contributed by atoms with E-state index < -0.39 is 12.2 Å². The van der Waals surface area contributed by atoms with E-state index in [1.54, 1.807) is 24.3 Å². The molecule has 23 heavy (non-hydrogen) atoms. The zero-order valence-corrected chi connectivity index (χ0v) is 12.4. The summed E-state index contributed by atoms with van der Waals surface area (Å²) in [5.74, 6) is 1.23. The number of aldehydes is 1. The molecule has 2 N–H and O–H groups in total. The highest BCUT2D eigenvalue weighted by molar-refractivity contribution is 5.78. The molecule has 0 radical (unpaired) electrons. The lowest BCUT2D eigenvalue weighted by Crippen LogP contribution is -2.36. The minimum absolute atomic E-state index is 0.135. The third-order valence-electron chi connectivity index (χ3n) is 3.66. The van der Waals surface area contributed by atoms with Gasteiger partial charge in [-0.05, 0) is 29.8 Å². The van der Waals surface area contributed by atoms with Crippen LogP contribution < -0.4 is 14.2 Å². The summed E-state index contributed by atoms with van der Waals surface area (Å²) >= 11 is 0. The van der Waals surface area contributed by atoms with E-state index in [0.29, 0.717) is 29.1 Å². The van der Waals surface area contributed by atoms with E-state index in [1.165, 1.54) is 19.2 Å². The standard InChI is InChI=1S/C17H16O6/c1-21-13-6-10(8-18)7-14-17(13)23-15(9-19)16(22-14)11-2-4-12(20)5-3-11/h2-8,15-16,19-20H,9H2,1H3. The van der Waals surface area contributed by atoms with Gasteiger partial charge in [-0.15, -0.1) is 0 Å². The molecule has 1 aliphatic rings. The fraction of sp³-hybridized carbons (Fsp3) is 0.235. The molecule has 0 aromatic heterocycles. The molecule has 6 heteroatoms. The van der Waals surface area contributed by atoms with E-state index >= 15 is 0 Å². The van der Waals surface area contributed by atoms with Crippen molar-refractivity contribution in [1.29, 1.82) is 0 Å². The van der Waals surface area contributed by atoms with Gasteiger partial charge < -0.3 is 24.4 Å². The van der Waals surface area contributed by atoms with Crippen molar-refractivity contribution >= 4 is 6.29 Å². The summed E-state index contributed by atoms with van der Waals surface area (Å²) in [5.41, 5.74) is 1.14. The summed E-state index contributed by atoms with van der Waals surface area (Å²) in [7, 11) is 1.47. The van der Waals surface area contributed by atoms with Crippen LogP contribution in [-0.2, 0) is 0 Å². The number of methoxy groups -OCH3 is 1. The van der Waals surface area contributed by atoms with Gasteiger partial charge in [-0.25, -0.2) is 0 Å². The molecule has 0 saturated carbocycles. The summed E-state index contributed by atoms with van der Waals surface area (Å²) < 4.78 is 17.0. The van der Waals surface area contributed by atoms with E-state index in [9.17, 15) is 15.0 Å². The zero-order chi connectivity index (χ0) is 16.4. The first kappa shape index (κ1) is 15.2. The van der Waals surface area contributed by atoms with E-state index in [4.69, 9.17) is 14.2 Å². The number of phenols is 1. The number of aliphatic hydroxyl groups excluding tert-OH is 1. The Balaban J connectivity index is 2.03. The minimum atomic E-state index is -0.636. The zero-order valence-electron chi connectivity index (χ0n) is 12.4. The Hall–Kier alpha value is -2.73. The van der Waals surface area contributed by atoms with Crippen LogP contribution >= 0.6 is 0 Å². The first-order chi connectivity index (χ1) is 11.2. The van der Waals surface area contributed by atoms with Crippen LogP contribution in [0.1, 0.15) is 22.0 Å². The highest BCUT2D eigenvalue weighted by atomic mass is 16.6. The lowest BCUT2D eigenvalue weighted by molar-refractivity contribution is -0.0141. The number of ether oxygens (including phenoxy) is 3. The highest BCUT2D eigenvalue weighted by Gasteiger charge is 2.34. The van der Waals surface area contributed by atoms with Crippen molar-refractivity contribution in [2.24, 2.45) is 0 Å². The van der Waals surface area contributed by atoms with Crippen LogP contribution in [0.15, 0.2) is 36.4 Å². The molecule has 0 bridgehead atoms. The topological polar surface area (TPSA) is 85.2 Å². The van der Waals surface area contributed by atoms with Gasteiger partial charge in [-0.1, -0.05) is 12.1 Å². The lowest BCUT2D eigenvalue weighted by Gasteiger charge is -2.34. The predicted molar refractivity (Wildman–Crippen MR) is 81.4 cm³/mol. The number of aliphatic hydroxyl groups is 1. The lowest BCUT2D eigenvalue weighted by atomic mass is 10.0. The van der Waals surface area contributed by atoms with Gasteiger partial charge in [-0.3, -0.25) is 4.79 Å². The Morgan fingerprint density at radius 1 is 1.22 bits per heavy atom. The number of carbonyl (C=O) groups excluding carboxylic acids is 1. The van der Waals surface area contributed by atoms with Crippen LogP contribution in [-0.4, -0.2) is 36.3 Å². The first-order valence-electron chi connectivity index (χ1n) is 7.06. The van der Waals surface area contributed by atoms with Crippen LogP contribution in [0.5, 0.6) is 23.0 Å². The summed E-state index contributed by atoms with van der Waals surface area (Å²) in [4.78, 5) is 11.1. The van der Waals surface area contributed by atoms with Crippen molar-refractivity contribution < 1.29 is 29.2 Å². The number of hydrogen-bond donors (Lipinski definition) is 2. The van der Waals surface area contributed by atoms with Gasteiger partial charge in [0.05, 0.1) is 13.7 Å². The second-order valence-corrected chi connectivity index (χ2v) is 5.14. The molecule has 2 aromatic rings. The van der Waals surface area contributed by atoms with Crippen LogP contribution in [0.2, 0.25) is 0 Å². The molecular formula is C17H16O6. The van der Waals surface area contributed by atoms with Gasteiger partial charge in [0.1, 0.15) is 12.0 Å². The average molecular weight is 316 g/mol. The van der Waals surface area contributed by atoms with Crippen LogP contribution in [0.3, 0.4) is 0 Å². The molecule has 0 saturated heterocycles. The SMILES string of the molecule is COc1cc(C=O)cc2c1OC(CO)C(c1ccc(O)cc1)O2. The molecule has 0 aliphatic carbocycles. The normalized spacial score (nSPS) is 19.2. The Morgan fingerprint density at radius 3 is 2.57 bits per heavy atom. The number of fused-ring (bicyclic) bond motifs is 1. The Labute approximate surface area is 132 Å². The molecular weight excluding hydrogens is 300 g/mol. The molecule has 120 valence electrons. The second kappa shape index (κ2) is 6.18. The quantitative estimate of drug-likeness (QED) is 0.840. The molecule has 3 rings (SSSR count). The fourth-order valence-electron chi connectivity index (χ4n) is 2.53. The summed E-state index contributed by atoms with van der Waals surface area (Å²) in [6, 6.07) is 9.56. The molecule has 2 aromatic carbocycles. The molecule has 2 unspecified atom stereocenters. The summed E-state index contributed by atoms with van der Waals surface area (Å²) in [6.07, 6.45) is -0.512. The highest BCUT2D eigenvalue weighted by Crippen LogP contribution is 2.45. The molecule has 0 spiro atoms. The van der Waals surface area contributed by atoms with Gasteiger partial charge in [-0.2, -0.15) is 0 Å². The van der Waals surface area contributed by atoms with Gasteiger partial charge in [0, 0.05) is 5.56 Å². The molecule has 1 heterocycles. The van der Waals surface area contributed by atoms with E-state index in [-0.39, 0.29) is 12.4 Å². The van der Waals surface area contributed by atoms with Crippen molar-refractivity contribution in [2.75, 3.05) is 13.7 Å². The van der Waals surface area contributed by atoms with Crippen molar-refractivity contribution in [2.45, 2.75) is 12.2 Å². The third-order valence-corrected chi connectivity index (χ3v) is 3.66. The van der Waals surface area contributed by atoms with Gasteiger partial charge >= 0.3 is 0 Å². The van der Waals surface area contributed by atoms with Crippen molar-refractivity contribution in [3.8, 4) is 23.0 Å². The Bertz CT molecular complexity index is 710. The van der Waals surface area contributed by atoms with Crippen LogP contribution in [0, 0.1) is 0 Å². The number of rotatable bonds is 4. The third kappa shape index (κ3) is 2.80. The van der Waals surface area contributed by atoms with Crippen molar-refractivity contribution in [3.05, 3.63) is 47.5 Å². The molecule has 2 atom stereocenters. The number of hydrogen-bond acceptors (Lipinski definition) is 6. The van der Waals surface area contributed by atoms with Gasteiger partial charge in [0.2, 0.25) is 5.75 Å². The number of aromatic hydroxyl groups is 1. The predicted octanol–water partition coefficient (Wildman–Crippen LogP) is 2.09. The van der Waals surface area contributed by atoms with E-state index in [1.807, 2.05) is 0 Å². The van der Waals surface area contributed by atoms with Gasteiger partial charge in [0.15, 0.2) is 23.7 Å². The monoisotopic (exact) mass is 316 g/mol. The maximum absolute atomic E-state index is 11.1. The second-order valence-electron chi connectivity index (χ2n) is 5.14. The largest absolute Gasteiger partial charge is 0.508 e. The molecule has 1 aliphatic heterocycles. The maximum atomic E-state index is 11.1. The summed E-state index contributed by atoms with van der Waals surface area (Å²) in [6.45, 7) is -0.260. The number of phenolic OH excluding ortho intramolecular Hbond substituents is 1. The van der Waals surface area contributed by atoms with Gasteiger partial charge in [0.25, 0.3) is 0 Å². The first-order valence-corrected chi connectivity index (χ1v) is 7.06. The van der Waals surface area contributed by atoms with Crippen molar-refractivity contribution in [1.82, 2.24) is 0 Å². The minimum Gasteiger partial charge on any atom is -0.508 e. The molecule has 6 nitrogen and oxygen atoms in total. The Morgan fingerprint density at radius 2 is 1.96 bits per heavy atom.